The number of methoxy groups -OCH3 is 2. The number of alkyl carbamates (subject to hydrolysis) is 1. The monoisotopic (exact) mass is 973 g/mol. The van der Waals surface area contributed by atoms with E-state index in [0.717, 1.165) is 18.4 Å². The van der Waals surface area contributed by atoms with Crippen molar-refractivity contribution in [3.8, 4) is 0 Å². The fourth-order valence-electron chi connectivity index (χ4n) is 9.17. The lowest BCUT2D eigenvalue weighted by atomic mass is 9.89. The van der Waals surface area contributed by atoms with Gasteiger partial charge in [-0.1, -0.05) is 67.0 Å². The van der Waals surface area contributed by atoms with Gasteiger partial charge in [-0.2, -0.15) is 0 Å². The molecule has 18 heteroatoms. The lowest BCUT2D eigenvalue weighted by Crippen LogP contribution is -2.59. The molecule has 4 N–H and O–H groups in total. The summed E-state index contributed by atoms with van der Waals surface area (Å²) in [5.74, 6) is -2.57. The van der Waals surface area contributed by atoms with Gasteiger partial charge in [0.05, 0.1) is 42.7 Å². The Morgan fingerprint density at radius 3 is 1.96 bits per heavy atom. The van der Waals surface area contributed by atoms with Crippen LogP contribution in [0.25, 0.3) is 0 Å². The molecule has 2 rings (SSSR count). The molecule has 1 saturated heterocycles. The second-order valence-corrected chi connectivity index (χ2v) is 20.8. The number of carbonyl (C=O) groups is 7. The fourth-order valence-corrected chi connectivity index (χ4v) is 9.17. The van der Waals surface area contributed by atoms with Crippen LogP contribution < -0.4 is 21.3 Å². The number of hydrogen-bond donors (Lipinski definition) is 4. The van der Waals surface area contributed by atoms with Gasteiger partial charge in [0.1, 0.15) is 23.7 Å². The largest absolute Gasteiger partial charge is 0.444 e. The van der Waals surface area contributed by atoms with Crippen LogP contribution in [0.1, 0.15) is 114 Å². The molecule has 0 saturated carbocycles. The van der Waals surface area contributed by atoms with Crippen molar-refractivity contribution in [2.75, 3.05) is 60.8 Å². The van der Waals surface area contributed by atoms with Crippen LogP contribution in [0.15, 0.2) is 24.3 Å². The minimum absolute atomic E-state index is 0.00660. The van der Waals surface area contributed by atoms with Crippen molar-refractivity contribution in [2.45, 2.75) is 169 Å². The Kier molecular flexibility index (Phi) is 24.1. The lowest BCUT2D eigenvalue weighted by molar-refractivity contribution is -0.149. The van der Waals surface area contributed by atoms with Gasteiger partial charge in [-0.05, 0) is 103 Å². The van der Waals surface area contributed by atoms with Crippen molar-refractivity contribution in [1.29, 1.82) is 0 Å². The van der Waals surface area contributed by atoms with Gasteiger partial charge in [0.25, 0.3) is 0 Å². The molecule has 0 bridgehead atoms. The molecular formula is C51H88N8O10. The third-order valence-corrected chi connectivity index (χ3v) is 13.1. The molecule has 1 aromatic rings. The molecule has 0 radical (unpaired) electrons. The van der Waals surface area contributed by atoms with Crippen LogP contribution in [0.3, 0.4) is 0 Å². The number of likely N-dealkylation sites (tertiary alicyclic amines) is 1. The van der Waals surface area contributed by atoms with Crippen molar-refractivity contribution in [3.63, 3.8) is 0 Å². The first-order chi connectivity index (χ1) is 32.1. The fraction of sp³-hybridized carbons (Fsp3) is 0.745. The van der Waals surface area contributed by atoms with Crippen LogP contribution in [-0.2, 0) is 49.4 Å². The van der Waals surface area contributed by atoms with Crippen molar-refractivity contribution >= 4 is 47.2 Å². The third-order valence-electron chi connectivity index (χ3n) is 13.1. The summed E-state index contributed by atoms with van der Waals surface area (Å²) in [5.41, 5.74) is 0.650. The van der Waals surface area contributed by atoms with Crippen molar-refractivity contribution in [2.24, 2.45) is 23.7 Å². The van der Waals surface area contributed by atoms with Gasteiger partial charge < -0.3 is 50.2 Å². The average Bonchev–Trinajstić information content (AvgIpc) is 3.75. The van der Waals surface area contributed by atoms with Gasteiger partial charge >= 0.3 is 6.09 Å². The Bertz CT molecular complexity index is 1860. The van der Waals surface area contributed by atoms with E-state index in [-0.39, 0.29) is 53.8 Å². The van der Waals surface area contributed by atoms with Crippen molar-refractivity contribution in [1.82, 2.24) is 35.6 Å². The summed E-state index contributed by atoms with van der Waals surface area (Å²) in [6, 6.07) is 3.34. The maximum Gasteiger partial charge on any atom is 0.408 e. The molecule has 0 unspecified atom stereocenters. The first kappa shape index (κ1) is 60.3. The van der Waals surface area contributed by atoms with Crippen molar-refractivity contribution < 1.29 is 47.8 Å². The number of carbonyl (C=O) groups excluding carboxylic acids is 7. The zero-order valence-electron chi connectivity index (χ0n) is 45.1. The molecule has 1 aliphatic rings. The zero-order chi connectivity index (χ0) is 52.7. The van der Waals surface area contributed by atoms with Gasteiger partial charge in [0.15, 0.2) is 0 Å². The number of nitrogens with one attached hydrogen (secondary N) is 4. The molecule has 18 nitrogen and oxygen atoms in total. The van der Waals surface area contributed by atoms with E-state index < -0.39 is 71.8 Å². The molecule has 10 atom stereocenters. The Labute approximate surface area is 413 Å². The summed E-state index contributed by atoms with van der Waals surface area (Å²) < 4.78 is 17.3. The molecule has 1 aliphatic heterocycles. The molecular weight excluding hydrogens is 885 g/mol. The molecule has 1 heterocycles. The maximum absolute atomic E-state index is 14.4. The summed E-state index contributed by atoms with van der Waals surface area (Å²) in [6.45, 7) is 22.7. The maximum atomic E-state index is 14.4. The van der Waals surface area contributed by atoms with Crippen LogP contribution >= 0.6 is 0 Å². The van der Waals surface area contributed by atoms with Crippen LogP contribution in [0.2, 0.25) is 0 Å². The van der Waals surface area contributed by atoms with E-state index >= 15 is 0 Å². The summed E-state index contributed by atoms with van der Waals surface area (Å²) >= 11 is 0. The van der Waals surface area contributed by atoms with Gasteiger partial charge in [0.2, 0.25) is 35.4 Å². The Morgan fingerprint density at radius 2 is 1.42 bits per heavy atom. The molecule has 1 aromatic carbocycles. The van der Waals surface area contributed by atoms with E-state index in [4.69, 9.17) is 14.2 Å². The second-order valence-electron chi connectivity index (χ2n) is 20.8. The van der Waals surface area contributed by atoms with Gasteiger partial charge in [-0.15, -0.1) is 0 Å². The van der Waals surface area contributed by atoms with Gasteiger partial charge in [0, 0.05) is 47.1 Å². The SMILES string of the molecule is CC[C@H](C)[C@@H]([C@@H](CC(=O)N1CCC[C@H]1[C@H](OC)[C@@H](C)C(=O)N(C)CCc1cccc(NC(=O)[C@H](C)NC(=O)[C@H](C)NC(=O)OC(C)(C)C)c1)OC)N(C)C(=O)[C@@H](NC(=O)[C@H](C(C)C)N(C)C)C(C)C. The first-order valence-electron chi connectivity index (χ1n) is 24.6. The van der Waals surface area contributed by atoms with Gasteiger partial charge in [-0.25, -0.2) is 4.79 Å². The van der Waals surface area contributed by atoms with E-state index in [1.807, 2.05) is 79.6 Å². The van der Waals surface area contributed by atoms with E-state index in [1.54, 1.807) is 82.8 Å². The number of anilines is 1. The van der Waals surface area contributed by atoms with Crippen LogP contribution in [0.4, 0.5) is 10.5 Å². The number of hydrogen-bond acceptors (Lipinski definition) is 11. The minimum atomic E-state index is -0.938. The lowest BCUT2D eigenvalue weighted by Gasteiger charge is -2.41. The first-order valence-corrected chi connectivity index (χ1v) is 24.6. The highest BCUT2D eigenvalue weighted by Crippen LogP contribution is 2.30. The summed E-state index contributed by atoms with van der Waals surface area (Å²) in [5, 5.41) is 10.9. The van der Waals surface area contributed by atoms with Crippen LogP contribution in [0.5, 0.6) is 0 Å². The summed E-state index contributed by atoms with van der Waals surface area (Å²) in [4.78, 5) is 101. The number of amides is 7. The van der Waals surface area contributed by atoms with Gasteiger partial charge in [-0.3, -0.25) is 33.7 Å². The number of rotatable bonds is 25. The zero-order valence-corrected chi connectivity index (χ0v) is 45.1. The molecule has 392 valence electrons. The Hall–Kier alpha value is -4.81. The van der Waals surface area contributed by atoms with E-state index in [1.165, 1.54) is 6.92 Å². The number of benzene rings is 1. The van der Waals surface area contributed by atoms with Crippen molar-refractivity contribution in [3.05, 3.63) is 29.8 Å². The number of likely N-dealkylation sites (N-methyl/N-ethyl adjacent to an activating group) is 3. The minimum Gasteiger partial charge on any atom is -0.444 e. The number of nitrogens with zero attached hydrogens (tertiary/aromatic N) is 4. The average molecular weight is 973 g/mol. The Morgan fingerprint density at radius 1 is 0.797 bits per heavy atom. The smallest absolute Gasteiger partial charge is 0.408 e. The van der Waals surface area contributed by atoms with E-state index in [9.17, 15) is 33.6 Å². The quantitative estimate of drug-likeness (QED) is 0.106. The van der Waals surface area contributed by atoms with E-state index in [0.29, 0.717) is 31.6 Å². The highest BCUT2D eigenvalue weighted by Gasteiger charge is 2.43. The standard InChI is InChI=1S/C51H88N8O10/c1-19-32(6)43(58(16)49(65)41(30(2)3)55-47(63)42(31(4)5)56(13)14)39(67-17)29-40(60)59-26-21-24-38(59)44(68-18)33(7)48(64)57(15)27-25-36-22-20-23-37(28-36)54-46(62)34(8)52-45(61)35(9)53-50(66)69-51(10,11)12/h20,22-23,28,30-35,38-39,41-44H,19,21,24-27,29H2,1-18H3,(H,52,61)(H,53,66)(H,54,62)(H,55,63)/t32-,33+,34-,35-,38-,39+,41-,42-,43-,44+/m0/s1. The predicted octanol–water partition coefficient (Wildman–Crippen LogP) is 4.69. The number of ether oxygens (including phenoxy) is 3. The second kappa shape index (κ2) is 27.5. The molecule has 0 spiro atoms. The third kappa shape index (κ3) is 17.8. The molecule has 1 fully saturated rings. The molecule has 7 amide bonds. The molecule has 0 aliphatic carbocycles. The molecule has 0 aromatic heterocycles. The summed E-state index contributed by atoms with van der Waals surface area (Å²) in [7, 11) is 10.3. The highest BCUT2D eigenvalue weighted by atomic mass is 16.6. The topological polar surface area (TPSA) is 208 Å². The summed E-state index contributed by atoms with van der Waals surface area (Å²) in [6.07, 6.45) is 0.611. The molecule has 69 heavy (non-hydrogen) atoms. The normalized spacial score (nSPS) is 18.0. The van der Waals surface area contributed by atoms with Crippen LogP contribution in [-0.4, -0.2) is 171 Å². The highest BCUT2D eigenvalue weighted by molar-refractivity contribution is 5.98. The Balaban J connectivity index is 2.13. The predicted molar refractivity (Wildman–Crippen MR) is 268 cm³/mol. The van der Waals surface area contributed by atoms with E-state index in [2.05, 4.69) is 21.3 Å². The van der Waals surface area contributed by atoms with Crippen LogP contribution in [0, 0.1) is 23.7 Å².